The summed E-state index contributed by atoms with van der Waals surface area (Å²) in [7, 11) is 1.63. The van der Waals surface area contributed by atoms with Gasteiger partial charge in [-0.1, -0.05) is 27.7 Å². The Bertz CT molecular complexity index is 434. The summed E-state index contributed by atoms with van der Waals surface area (Å²) >= 11 is 0. The molecule has 2 rings (SSSR count). The zero-order chi connectivity index (χ0) is 18.0. The number of nitrogens with zero attached hydrogens (tertiary/aromatic N) is 1. The summed E-state index contributed by atoms with van der Waals surface area (Å²) < 4.78 is 5.07. The van der Waals surface area contributed by atoms with Crippen LogP contribution < -0.4 is 5.32 Å². The van der Waals surface area contributed by atoms with Gasteiger partial charge in [-0.15, -0.1) is 0 Å². The van der Waals surface area contributed by atoms with E-state index in [0.717, 1.165) is 19.3 Å². The van der Waals surface area contributed by atoms with Gasteiger partial charge in [0.15, 0.2) is 5.60 Å². The van der Waals surface area contributed by atoms with E-state index in [4.69, 9.17) is 4.74 Å². The van der Waals surface area contributed by atoms with E-state index in [1.54, 1.807) is 12.0 Å². The largest absolute Gasteiger partial charge is 0.383 e. The van der Waals surface area contributed by atoms with Crippen LogP contribution in [-0.4, -0.2) is 60.9 Å². The van der Waals surface area contributed by atoms with Gasteiger partial charge in [0, 0.05) is 32.8 Å². The minimum Gasteiger partial charge on any atom is -0.383 e. The quantitative estimate of drug-likeness (QED) is 0.778. The minimum absolute atomic E-state index is 0.146. The Morgan fingerprint density at radius 1 is 1.25 bits per heavy atom. The second-order valence-electron chi connectivity index (χ2n) is 9.41. The first-order valence-electron chi connectivity index (χ1n) is 9.31. The zero-order valence-corrected chi connectivity index (χ0v) is 16.2. The van der Waals surface area contributed by atoms with Gasteiger partial charge in [0.2, 0.25) is 0 Å². The molecule has 140 valence electrons. The third-order valence-electron chi connectivity index (χ3n) is 5.51. The number of hydrogen-bond acceptors (Lipinski definition) is 4. The van der Waals surface area contributed by atoms with Crippen molar-refractivity contribution in [3.63, 3.8) is 0 Å². The molecule has 2 fully saturated rings. The molecule has 0 bridgehead atoms. The van der Waals surface area contributed by atoms with Crippen LogP contribution in [0.15, 0.2) is 0 Å². The lowest BCUT2D eigenvalue weighted by atomic mass is 9.63. The van der Waals surface area contributed by atoms with Crippen molar-refractivity contribution < 1.29 is 14.6 Å². The maximum Gasteiger partial charge on any atom is 0.255 e. The van der Waals surface area contributed by atoms with E-state index >= 15 is 0 Å². The van der Waals surface area contributed by atoms with Crippen LogP contribution in [-0.2, 0) is 9.53 Å². The highest BCUT2D eigenvalue weighted by molar-refractivity contribution is 5.86. The monoisotopic (exact) mass is 340 g/mol. The van der Waals surface area contributed by atoms with Gasteiger partial charge in [-0.2, -0.15) is 0 Å². The van der Waals surface area contributed by atoms with Gasteiger partial charge in [-0.3, -0.25) is 4.79 Å². The van der Waals surface area contributed by atoms with Gasteiger partial charge in [0.05, 0.1) is 6.61 Å². The number of rotatable bonds is 6. The molecular formula is C19H36N2O3. The standard InChI is InChI=1S/C19H36N2O3/c1-17(2)11-15(12-18(3,4)13-17)20-14-19(23)7-6-8-21(16(19)22)9-10-24-5/h15,20,23H,6-14H2,1-5H3. The van der Waals surface area contributed by atoms with E-state index < -0.39 is 5.60 Å². The van der Waals surface area contributed by atoms with Gasteiger partial charge in [-0.05, 0) is 42.9 Å². The summed E-state index contributed by atoms with van der Waals surface area (Å²) in [6.07, 6.45) is 4.78. The molecule has 1 aliphatic carbocycles. The van der Waals surface area contributed by atoms with Crippen molar-refractivity contribution in [1.29, 1.82) is 0 Å². The molecule has 0 aromatic carbocycles. The maximum absolute atomic E-state index is 12.7. The fourth-order valence-corrected chi connectivity index (χ4v) is 4.95. The lowest BCUT2D eigenvalue weighted by Gasteiger charge is -2.46. The molecule has 2 aliphatic rings. The summed E-state index contributed by atoms with van der Waals surface area (Å²) in [4.78, 5) is 14.4. The molecule has 1 amide bonds. The number of carbonyl (C=O) groups excluding carboxylic acids is 1. The summed E-state index contributed by atoms with van der Waals surface area (Å²) in [6, 6.07) is 0.356. The Morgan fingerprint density at radius 2 is 1.88 bits per heavy atom. The van der Waals surface area contributed by atoms with E-state index in [9.17, 15) is 9.90 Å². The van der Waals surface area contributed by atoms with E-state index in [1.165, 1.54) is 6.42 Å². The molecule has 24 heavy (non-hydrogen) atoms. The molecular weight excluding hydrogens is 304 g/mol. The second-order valence-corrected chi connectivity index (χ2v) is 9.41. The first-order valence-corrected chi connectivity index (χ1v) is 9.31. The SMILES string of the molecule is COCCN1CCCC(O)(CNC2CC(C)(C)CC(C)(C)C2)C1=O. The Hall–Kier alpha value is -0.650. The average Bonchev–Trinajstić information content (AvgIpc) is 2.44. The maximum atomic E-state index is 12.7. The molecule has 2 N–H and O–H groups in total. The predicted octanol–water partition coefficient (Wildman–Crippen LogP) is 2.18. The highest BCUT2D eigenvalue weighted by Gasteiger charge is 2.44. The number of likely N-dealkylation sites (tertiary alicyclic amines) is 1. The second kappa shape index (κ2) is 7.30. The number of carbonyl (C=O) groups is 1. The van der Waals surface area contributed by atoms with Gasteiger partial charge in [0.25, 0.3) is 5.91 Å². The van der Waals surface area contributed by atoms with Crippen LogP contribution >= 0.6 is 0 Å². The van der Waals surface area contributed by atoms with Crippen molar-refractivity contribution >= 4 is 5.91 Å². The van der Waals surface area contributed by atoms with Gasteiger partial charge < -0.3 is 20.1 Å². The van der Waals surface area contributed by atoms with Crippen molar-refractivity contribution in [3.05, 3.63) is 0 Å². The fourth-order valence-electron chi connectivity index (χ4n) is 4.95. The summed E-state index contributed by atoms with van der Waals surface area (Å²) in [5.74, 6) is -0.146. The minimum atomic E-state index is -1.27. The Balaban J connectivity index is 1.95. The molecule has 1 heterocycles. The molecule has 1 saturated carbocycles. The van der Waals surface area contributed by atoms with Crippen molar-refractivity contribution in [3.8, 4) is 0 Å². The molecule has 0 aromatic heterocycles. The number of nitrogens with one attached hydrogen (secondary N) is 1. The lowest BCUT2D eigenvalue weighted by Crippen LogP contribution is -2.60. The normalized spacial score (nSPS) is 30.6. The predicted molar refractivity (Wildman–Crippen MR) is 95.8 cm³/mol. The molecule has 0 aromatic rings. The van der Waals surface area contributed by atoms with E-state index in [-0.39, 0.29) is 5.91 Å². The van der Waals surface area contributed by atoms with Crippen LogP contribution in [0.5, 0.6) is 0 Å². The Kier molecular flexibility index (Phi) is 5.99. The van der Waals surface area contributed by atoms with E-state index in [2.05, 4.69) is 33.0 Å². The number of amides is 1. The van der Waals surface area contributed by atoms with Crippen LogP contribution in [0.1, 0.15) is 59.8 Å². The first-order chi connectivity index (χ1) is 11.1. The molecule has 1 aliphatic heterocycles. The number of piperidine rings is 1. The van der Waals surface area contributed by atoms with Crippen molar-refractivity contribution in [1.82, 2.24) is 10.2 Å². The zero-order valence-electron chi connectivity index (χ0n) is 16.2. The highest BCUT2D eigenvalue weighted by atomic mass is 16.5. The molecule has 5 heteroatoms. The van der Waals surface area contributed by atoms with Crippen LogP contribution in [0.3, 0.4) is 0 Å². The van der Waals surface area contributed by atoms with Gasteiger partial charge in [0.1, 0.15) is 0 Å². The summed E-state index contributed by atoms with van der Waals surface area (Å²) in [6.45, 7) is 11.4. The van der Waals surface area contributed by atoms with Crippen LogP contribution in [0.4, 0.5) is 0 Å². The van der Waals surface area contributed by atoms with Crippen LogP contribution in [0.25, 0.3) is 0 Å². The van der Waals surface area contributed by atoms with Crippen LogP contribution in [0, 0.1) is 10.8 Å². The van der Waals surface area contributed by atoms with E-state index in [0.29, 0.717) is 49.5 Å². The Morgan fingerprint density at radius 3 is 2.46 bits per heavy atom. The summed E-state index contributed by atoms with van der Waals surface area (Å²) in [5.41, 5.74) is -0.677. The van der Waals surface area contributed by atoms with Crippen molar-refractivity contribution in [2.75, 3.05) is 33.4 Å². The number of hydrogen-bond donors (Lipinski definition) is 2. The molecule has 1 unspecified atom stereocenters. The number of ether oxygens (including phenoxy) is 1. The Labute approximate surface area is 147 Å². The lowest BCUT2D eigenvalue weighted by molar-refractivity contribution is -0.157. The average molecular weight is 341 g/mol. The van der Waals surface area contributed by atoms with Crippen molar-refractivity contribution in [2.24, 2.45) is 10.8 Å². The molecule has 0 spiro atoms. The van der Waals surface area contributed by atoms with Crippen molar-refractivity contribution in [2.45, 2.75) is 71.4 Å². The third kappa shape index (κ3) is 4.93. The first kappa shape index (κ1) is 19.7. The molecule has 1 saturated heterocycles. The van der Waals surface area contributed by atoms with Crippen LogP contribution in [0.2, 0.25) is 0 Å². The highest BCUT2D eigenvalue weighted by Crippen LogP contribution is 2.45. The summed E-state index contributed by atoms with van der Waals surface area (Å²) in [5, 5.41) is 14.4. The topological polar surface area (TPSA) is 61.8 Å². The number of methoxy groups -OCH3 is 1. The fraction of sp³-hybridized carbons (Fsp3) is 0.947. The van der Waals surface area contributed by atoms with Gasteiger partial charge >= 0.3 is 0 Å². The van der Waals surface area contributed by atoms with Gasteiger partial charge in [-0.25, -0.2) is 0 Å². The molecule has 5 nitrogen and oxygen atoms in total. The molecule has 0 radical (unpaired) electrons. The number of aliphatic hydroxyl groups is 1. The van der Waals surface area contributed by atoms with E-state index in [1.807, 2.05) is 0 Å². The smallest absolute Gasteiger partial charge is 0.255 e. The third-order valence-corrected chi connectivity index (χ3v) is 5.51. The molecule has 1 atom stereocenters.